The Labute approximate surface area is 65.9 Å². The Morgan fingerprint density at radius 3 is 2.33 bits per heavy atom. The van der Waals surface area contributed by atoms with Crippen LogP contribution in [0, 0.1) is 6.92 Å². The summed E-state index contributed by atoms with van der Waals surface area (Å²) in [5, 5.41) is 16.5. The van der Waals surface area contributed by atoms with Crippen molar-refractivity contribution >= 4 is 0 Å². The van der Waals surface area contributed by atoms with Crippen molar-refractivity contribution in [3.63, 3.8) is 0 Å². The Morgan fingerprint density at radius 1 is 1.33 bits per heavy atom. The highest BCUT2D eigenvalue weighted by Gasteiger charge is 2.35. The third kappa shape index (κ3) is 1.63. The van der Waals surface area contributed by atoms with Gasteiger partial charge in [-0.2, -0.15) is 18.3 Å². The second-order valence-corrected chi connectivity index (χ2v) is 2.20. The zero-order valence-electron chi connectivity index (χ0n) is 6.01. The summed E-state index contributed by atoms with van der Waals surface area (Å²) in [6.45, 7) is 1.34. The summed E-state index contributed by atoms with van der Waals surface area (Å²) < 4.78 is 35.9. The fourth-order valence-corrected chi connectivity index (χ4v) is 0.681. The lowest BCUT2D eigenvalue weighted by Gasteiger charge is -2.05. The summed E-state index contributed by atoms with van der Waals surface area (Å²) >= 11 is 0. The Morgan fingerprint density at radius 2 is 1.92 bits per heavy atom. The lowest BCUT2D eigenvalue weighted by Crippen LogP contribution is -2.07. The maximum atomic E-state index is 12.0. The highest BCUT2D eigenvalue weighted by Crippen LogP contribution is 2.34. The minimum atomic E-state index is -4.64. The molecule has 1 aromatic rings. The highest BCUT2D eigenvalue weighted by molar-refractivity contribution is 5.27. The SMILES string of the molecule is Cc1cc(C(F)(F)F)c([O])nn1. The average Bonchev–Trinajstić information content (AvgIpc) is 1.92. The van der Waals surface area contributed by atoms with Crippen LogP contribution in [-0.4, -0.2) is 10.2 Å². The molecule has 0 aliphatic heterocycles. The molecule has 0 N–H and O–H groups in total. The molecule has 0 amide bonds. The molecule has 0 unspecified atom stereocenters. The Balaban J connectivity index is 3.23. The third-order valence-electron chi connectivity index (χ3n) is 1.19. The van der Waals surface area contributed by atoms with E-state index in [0.717, 1.165) is 0 Å². The molecule has 1 heterocycles. The predicted octanol–water partition coefficient (Wildman–Crippen LogP) is 1.95. The molecule has 0 spiro atoms. The van der Waals surface area contributed by atoms with Gasteiger partial charge in [-0.3, -0.25) is 5.11 Å². The van der Waals surface area contributed by atoms with Crippen LogP contribution in [0.3, 0.4) is 0 Å². The largest absolute Gasteiger partial charge is 0.421 e. The maximum absolute atomic E-state index is 12.0. The predicted molar refractivity (Wildman–Crippen MR) is 31.9 cm³/mol. The van der Waals surface area contributed by atoms with E-state index in [2.05, 4.69) is 10.2 Å². The zero-order chi connectivity index (χ0) is 9.35. The number of aryl methyl sites for hydroxylation is 1. The van der Waals surface area contributed by atoms with Crippen molar-refractivity contribution in [2.45, 2.75) is 13.1 Å². The molecule has 1 radical (unpaired) electrons. The van der Waals surface area contributed by atoms with Gasteiger partial charge in [0.25, 0.3) is 0 Å². The van der Waals surface area contributed by atoms with Gasteiger partial charge in [0.05, 0.1) is 5.69 Å². The van der Waals surface area contributed by atoms with Crippen molar-refractivity contribution in [3.05, 3.63) is 17.3 Å². The van der Waals surface area contributed by atoms with Gasteiger partial charge in [-0.1, -0.05) is 0 Å². The second kappa shape index (κ2) is 2.62. The van der Waals surface area contributed by atoms with Crippen LogP contribution in [0.15, 0.2) is 6.07 Å². The smallest absolute Gasteiger partial charge is 0.265 e. The zero-order valence-corrected chi connectivity index (χ0v) is 6.01. The van der Waals surface area contributed by atoms with E-state index in [4.69, 9.17) is 0 Å². The van der Waals surface area contributed by atoms with Crippen LogP contribution >= 0.6 is 0 Å². The molecular weight excluding hydrogens is 173 g/mol. The minimum absolute atomic E-state index is 0.0712. The Bertz CT molecular complexity index is 297. The summed E-state index contributed by atoms with van der Waals surface area (Å²) in [5.41, 5.74) is -1.20. The van der Waals surface area contributed by atoms with Crippen LogP contribution in [-0.2, 0) is 11.3 Å². The van der Waals surface area contributed by atoms with Crippen LogP contribution in [0.5, 0.6) is 5.88 Å². The summed E-state index contributed by atoms with van der Waals surface area (Å²) in [5.74, 6) is -1.34. The summed E-state index contributed by atoms with van der Waals surface area (Å²) in [7, 11) is 0. The lowest BCUT2D eigenvalue weighted by molar-refractivity contribution is -0.139. The molecular formula is C6H4F3N2O. The molecule has 6 heteroatoms. The van der Waals surface area contributed by atoms with Crippen molar-refractivity contribution < 1.29 is 18.3 Å². The van der Waals surface area contributed by atoms with E-state index in [1.165, 1.54) is 6.92 Å². The second-order valence-electron chi connectivity index (χ2n) is 2.20. The van der Waals surface area contributed by atoms with Gasteiger partial charge in [0, 0.05) is 0 Å². The highest BCUT2D eigenvalue weighted by atomic mass is 19.4. The van der Waals surface area contributed by atoms with Crippen molar-refractivity contribution in [2.75, 3.05) is 0 Å². The first kappa shape index (κ1) is 8.76. The van der Waals surface area contributed by atoms with Crippen molar-refractivity contribution in [1.29, 1.82) is 0 Å². The number of nitrogens with zero attached hydrogens (tertiary/aromatic N) is 2. The van der Waals surface area contributed by atoms with Gasteiger partial charge in [-0.15, -0.1) is 5.10 Å². The molecule has 0 fully saturated rings. The number of rotatable bonds is 0. The molecule has 0 saturated carbocycles. The van der Waals surface area contributed by atoms with Gasteiger partial charge in [0.15, 0.2) is 0 Å². The van der Waals surface area contributed by atoms with Gasteiger partial charge >= 0.3 is 12.1 Å². The molecule has 3 nitrogen and oxygen atoms in total. The van der Waals surface area contributed by atoms with Gasteiger partial charge in [0.1, 0.15) is 5.56 Å². The molecule has 12 heavy (non-hydrogen) atoms. The van der Waals surface area contributed by atoms with E-state index in [1.807, 2.05) is 0 Å². The van der Waals surface area contributed by atoms with Gasteiger partial charge in [0.2, 0.25) is 0 Å². The Hall–Kier alpha value is -1.33. The third-order valence-corrected chi connectivity index (χ3v) is 1.19. The first-order valence-corrected chi connectivity index (χ1v) is 3.00. The van der Waals surface area contributed by atoms with E-state index < -0.39 is 17.6 Å². The molecule has 0 bridgehead atoms. The van der Waals surface area contributed by atoms with E-state index in [9.17, 15) is 18.3 Å². The molecule has 1 aromatic heterocycles. The first-order valence-electron chi connectivity index (χ1n) is 3.00. The molecule has 65 valence electrons. The molecule has 0 aliphatic carbocycles. The lowest BCUT2D eigenvalue weighted by atomic mass is 10.2. The van der Waals surface area contributed by atoms with Crippen molar-refractivity contribution in [3.8, 4) is 5.88 Å². The number of alkyl halides is 3. The topological polar surface area (TPSA) is 45.7 Å². The van der Waals surface area contributed by atoms with Crippen molar-refractivity contribution in [2.24, 2.45) is 0 Å². The average molecular weight is 177 g/mol. The van der Waals surface area contributed by atoms with Crippen LogP contribution in [0.4, 0.5) is 13.2 Å². The number of halogens is 3. The quantitative estimate of drug-likeness (QED) is 0.607. The fraction of sp³-hybridized carbons (Fsp3) is 0.333. The van der Waals surface area contributed by atoms with E-state index in [1.54, 1.807) is 0 Å². The Kier molecular flexibility index (Phi) is 1.91. The fourth-order valence-electron chi connectivity index (χ4n) is 0.681. The number of hydrogen-bond donors (Lipinski definition) is 0. The molecule has 1 rings (SSSR count). The van der Waals surface area contributed by atoms with E-state index in [-0.39, 0.29) is 5.69 Å². The van der Waals surface area contributed by atoms with E-state index in [0.29, 0.717) is 6.07 Å². The van der Waals surface area contributed by atoms with Crippen LogP contribution in [0.2, 0.25) is 0 Å². The normalized spacial score (nSPS) is 11.7. The minimum Gasteiger partial charge on any atom is -0.265 e. The van der Waals surface area contributed by atoms with Crippen LogP contribution in [0.1, 0.15) is 11.3 Å². The number of hydrogen-bond acceptors (Lipinski definition) is 2. The summed E-state index contributed by atoms with van der Waals surface area (Å²) in [6, 6.07) is 0.676. The van der Waals surface area contributed by atoms with Crippen LogP contribution in [0.25, 0.3) is 0 Å². The maximum Gasteiger partial charge on any atom is 0.421 e. The van der Waals surface area contributed by atoms with Crippen LogP contribution < -0.4 is 0 Å². The first-order chi connectivity index (χ1) is 5.41. The van der Waals surface area contributed by atoms with Gasteiger partial charge in [-0.05, 0) is 13.0 Å². The standard InChI is InChI=1S/C6H4F3N2O/c1-3-2-4(6(7,8)9)5(12)11-10-3/h2H,1H3. The van der Waals surface area contributed by atoms with Gasteiger partial charge in [-0.25, -0.2) is 0 Å². The molecule has 0 saturated heterocycles. The summed E-state index contributed by atoms with van der Waals surface area (Å²) in [4.78, 5) is 0. The monoisotopic (exact) mass is 177 g/mol. The van der Waals surface area contributed by atoms with Crippen molar-refractivity contribution in [1.82, 2.24) is 10.2 Å². The van der Waals surface area contributed by atoms with E-state index >= 15 is 0 Å². The molecule has 0 aromatic carbocycles. The molecule has 0 aliphatic rings. The summed E-state index contributed by atoms with van der Waals surface area (Å²) in [6.07, 6.45) is -4.64. The number of aromatic nitrogens is 2. The van der Waals surface area contributed by atoms with Gasteiger partial charge < -0.3 is 0 Å². The molecule has 0 atom stereocenters.